The van der Waals surface area contributed by atoms with Crippen LogP contribution in [0, 0.1) is 10.7 Å². The molecule has 0 aliphatic carbocycles. The minimum absolute atomic E-state index is 0.00967. The Morgan fingerprint density at radius 3 is 2.89 bits per heavy atom. The van der Waals surface area contributed by atoms with Gasteiger partial charge in [0.25, 0.3) is 0 Å². The van der Waals surface area contributed by atoms with E-state index in [0.717, 1.165) is 11.0 Å². The summed E-state index contributed by atoms with van der Waals surface area (Å²) >= 11 is 5.23. The van der Waals surface area contributed by atoms with Gasteiger partial charge in [-0.3, -0.25) is 4.79 Å². The SMILES string of the molecule is CC(C)CNC(=O)Cn1c(=S)[nH]c2ccccc21. The maximum Gasteiger partial charge on any atom is 0.240 e. The normalized spacial score (nSPS) is 11.1. The molecule has 0 unspecified atom stereocenters. The minimum atomic E-state index is -0.00967. The van der Waals surface area contributed by atoms with Gasteiger partial charge in [-0.1, -0.05) is 26.0 Å². The molecule has 2 N–H and O–H groups in total. The molecule has 0 aliphatic heterocycles. The van der Waals surface area contributed by atoms with E-state index < -0.39 is 0 Å². The lowest BCUT2D eigenvalue weighted by atomic mass is 10.2. The zero-order chi connectivity index (χ0) is 13.1. The smallest absolute Gasteiger partial charge is 0.240 e. The van der Waals surface area contributed by atoms with Gasteiger partial charge in [0, 0.05) is 6.54 Å². The van der Waals surface area contributed by atoms with Gasteiger partial charge >= 0.3 is 0 Å². The van der Waals surface area contributed by atoms with E-state index >= 15 is 0 Å². The Kier molecular flexibility index (Phi) is 3.81. The zero-order valence-corrected chi connectivity index (χ0v) is 11.4. The molecule has 1 aromatic heterocycles. The van der Waals surface area contributed by atoms with Crippen LogP contribution in [0.4, 0.5) is 0 Å². The predicted molar refractivity (Wildman–Crippen MR) is 75.0 cm³/mol. The molecule has 0 aliphatic rings. The van der Waals surface area contributed by atoms with E-state index in [4.69, 9.17) is 12.2 Å². The number of rotatable bonds is 4. The fourth-order valence-corrected chi connectivity index (χ4v) is 2.05. The third-order valence-electron chi connectivity index (χ3n) is 2.69. The van der Waals surface area contributed by atoms with Crippen LogP contribution in [0.25, 0.3) is 11.0 Å². The molecule has 1 heterocycles. The van der Waals surface area contributed by atoms with Gasteiger partial charge in [0.1, 0.15) is 6.54 Å². The molecule has 0 spiro atoms. The van der Waals surface area contributed by atoms with Crippen molar-refractivity contribution in [3.05, 3.63) is 29.0 Å². The molecule has 1 aromatic carbocycles. The number of carbonyl (C=O) groups is 1. The van der Waals surface area contributed by atoms with Crippen molar-refractivity contribution in [2.45, 2.75) is 20.4 Å². The third-order valence-corrected chi connectivity index (χ3v) is 3.01. The van der Waals surface area contributed by atoms with Crippen LogP contribution in [0.1, 0.15) is 13.8 Å². The van der Waals surface area contributed by atoms with Crippen LogP contribution in [0.15, 0.2) is 24.3 Å². The highest BCUT2D eigenvalue weighted by atomic mass is 32.1. The van der Waals surface area contributed by atoms with Gasteiger partial charge in [0.05, 0.1) is 11.0 Å². The number of amides is 1. The van der Waals surface area contributed by atoms with Crippen LogP contribution < -0.4 is 5.32 Å². The van der Waals surface area contributed by atoms with Gasteiger partial charge in [-0.05, 0) is 30.3 Å². The number of imidazole rings is 1. The van der Waals surface area contributed by atoms with Crippen molar-refractivity contribution in [3.63, 3.8) is 0 Å². The van der Waals surface area contributed by atoms with Crippen LogP contribution in [0.2, 0.25) is 0 Å². The van der Waals surface area contributed by atoms with Crippen molar-refractivity contribution in [2.24, 2.45) is 5.92 Å². The summed E-state index contributed by atoms with van der Waals surface area (Å²) in [6.07, 6.45) is 0. The van der Waals surface area contributed by atoms with Crippen molar-refractivity contribution in [1.82, 2.24) is 14.9 Å². The van der Waals surface area contributed by atoms with Gasteiger partial charge in [-0.15, -0.1) is 0 Å². The number of nitrogens with one attached hydrogen (secondary N) is 2. The summed E-state index contributed by atoms with van der Waals surface area (Å²) in [5, 5.41) is 2.89. The number of fused-ring (bicyclic) bond motifs is 1. The average Bonchev–Trinajstić information content (AvgIpc) is 2.64. The van der Waals surface area contributed by atoms with E-state index in [1.165, 1.54) is 0 Å². The molecule has 0 saturated heterocycles. The second kappa shape index (κ2) is 5.35. The molecule has 1 amide bonds. The van der Waals surface area contributed by atoms with E-state index in [9.17, 15) is 4.79 Å². The van der Waals surface area contributed by atoms with E-state index in [-0.39, 0.29) is 12.5 Å². The lowest BCUT2D eigenvalue weighted by Crippen LogP contribution is -2.30. The van der Waals surface area contributed by atoms with E-state index in [1.54, 1.807) is 0 Å². The topological polar surface area (TPSA) is 49.8 Å². The molecule has 0 radical (unpaired) electrons. The van der Waals surface area contributed by atoms with Crippen molar-refractivity contribution in [1.29, 1.82) is 0 Å². The van der Waals surface area contributed by atoms with Gasteiger partial charge in [0.15, 0.2) is 4.77 Å². The Balaban J connectivity index is 2.19. The molecule has 18 heavy (non-hydrogen) atoms. The van der Waals surface area contributed by atoms with Crippen molar-refractivity contribution in [3.8, 4) is 0 Å². The summed E-state index contributed by atoms with van der Waals surface area (Å²) in [5.41, 5.74) is 1.92. The summed E-state index contributed by atoms with van der Waals surface area (Å²) in [5.74, 6) is 0.439. The molecule has 2 rings (SSSR count). The molecular formula is C13H17N3OS. The van der Waals surface area contributed by atoms with Gasteiger partial charge < -0.3 is 14.9 Å². The maximum atomic E-state index is 11.8. The van der Waals surface area contributed by atoms with Crippen LogP contribution in [0.5, 0.6) is 0 Å². The lowest BCUT2D eigenvalue weighted by Gasteiger charge is -2.08. The monoisotopic (exact) mass is 263 g/mol. The number of hydrogen-bond donors (Lipinski definition) is 2. The largest absolute Gasteiger partial charge is 0.354 e. The van der Waals surface area contributed by atoms with Gasteiger partial charge in [0.2, 0.25) is 5.91 Å². The zero-order valence-electron chi connectivity index (χ0n) is 10.6. The number of para-hydroxylation sites is 2. The molecule has 0 bridgehead atoms. The number of H-pyrrole nitrogens is 1. The molecule has 0 fully saturated rings. The molecule has 96 valence electrons. The minimum Gasteiger partial charge on any atom is -0.354 e. The summed E-state index contributed by atoms with van der Waals surface area (Å²) in [7, 11) is 0. The molecule has 0 saturated carbocycles. The Morgan fingerprint density at radius 2 is 2.17 bits per heavy atom. The number of aromatic nitrogens is 2. The fourth-order valence-electron chi connectivity index (χ4n) is 1.78. The van der Waals surface area contributed by atoms with E-state index in [2.05, 4.69) is 24.1 Å². The molecule has 5 heteroatoms. The lowest BCUT2D eigenvalue weighted by molar-refractivity contribution is -0.121. The Labute approximate surface area is 111 Å². The molecular weight excluding hydrogens is 246 g/mol. The van der Waals surface area contributed by atoms with Crippen molar-refractivity contribution in [2.75, 3.05) is 6.54 Å². The first-order valence-electron chi connectivity index (χ1n) is 6.02. The van der Waals surface area contributed by atoms with Crippen LogP contribution in [0.3, 0.4) is 0 Å². The second-order valence-corrected chi connectivity index (χ2v) is 5.12. The number of nitrogens with zero attached hydrogens (tertiary/aromatic N) is 1. The molecule has 0 atom stereocenters. The number of aromatic amines is 1. The Bertz CT molecular complexity index is 612. The third kappa shape index (κ3) is 2.79. The quantitative estimate of drug-likeness (QED) is 0.833. The van der Waals surface area contributed by atoms with E-state index in [0.29, 0.717) is 17.2 Å². The van der Waals surface area contributed by atoms with Crippen LogP contribution in [-0.4, -0.2) is 22.0 Å². The fraction of sp³-hybridized carbons (Fsp3) is 0.385. The van der Waals surface area contributed by atoms with Crippen molar-refractivity contribution < 1.29 is 4.79 Å². The Morgan fingerprint density at radius 1 is 1.44 bits per heavy atom. The first-order valence-corrected chi connectivity index (χ1v) is 6.43. The molecule has 4 nitrogen and oxygen atoms in total. The van der Waals surface area contributed by atoms with Gasteiger partial charge in [-0.25, -0.2) is 0 Å². The summed E-state index contributed by atoms with van der Waals surface area (Å²) in [6, 6.07) is 7.79. The highest BCUT2D eigenvalue weighted by Gasteiger charge is 2.08. The number of carbonyl (C=O) groups excluding carboxylic acids is 1. The highest BCUT2D eigenvalue weighted by molar-refractivity contribution is 7.71. The first-order chi connectivity index (χ1) is 8.58. The van der Waals surface area contributed by atoms with E-state index in [1.807, 2.05) is 28.8 Å². The first kappa shape index (κ1) is 12.8. The van der Waals surface area contributed by atoms with Crippen LogP contribution in [-0.2, 0) is 11.3 Å². The summed E-state index contributed by atoms with van der Waals surface area (Å²) in [6.45, 7) is 5.08. The van der Waals surface area contributed by atoms with Gasteiger partial charge in [-0.2, -0.15) is 0 Å². The van der Waals surface area contributed by atoms with Crippen LogP contribution >= 0.6 is 12.2 Å². The Hall–Kier alpha value is -1.62. The average molecular weight is 263 g/mol. The maximum absolute atomic E-state index is 11.8. The standard InChI is InChI=1S/C13H17N3OS/c1-9(2)7-14-12(17)8-16-11-6-4-3-5-10(11)15-13(16)18/h3-6,9H,7-8H2,1-2H3,(H,14,17)(H,15,18). The second-order valence-electron chi connectivity index (χ2n) is 4.73. The summed E-state index contributed by atoms with van der Waals surface area (Å²) in [4.78, 5) is 14.9. The number of benzene rings is 1. The predicted octanol–water partition coefficient (Wildman–Crippen LogP) is 2.47. The molecule has 2 aromatic rings. The highest BCUT2D eigenvalue weighted by Crippen LogP contribution is 2.13. The summed E-state index contributed by atoms with van der Waals surface area (Å²) < 4.78 is 2.40. The van der Waals surface area contributed by atoms with Crippen molar-refractivity contribution >= 4 is 29.2 Å². The number of hydrogen-bond acceptors (Lipinski definition) is 2.